The van der Waals surface area contributed by atoms with Crippen molar-refractivity contribution >= 4 is 5.97 Å². The molecule has 1 aromatic rings. The van der Waals surface area contributed by atoms with E-state index in [1.54, 1.807) is 12.1 Å². The first-order valence-electron chi connectivity index (χ1n) is 7.23. The van der Waals surface area contributed by atoms with Crippen LogP contribution in [0.25, 0.3) is 0 Å². The summed E-state index contributed by atoms with van der Waals surface area (Å²) >= 11 is 0. The predicted octanol–water partition coefficient (Wildman–Crippen LogP) is 3.08. The first-order valence-corrected chi connectivity index (χ1v) is 7.23. The number of benzene rings is 1. The van der Waals surface area contributed by atoms with Crippen LogP contribution in [-0.4, -0.2) is 24.7 Å². The Bertz CT molecular complexity index is 405. The highest BCUT2D eigenvalue weighted by molar-refractivity contribution is 5.75. The van der Waals surface area contributed by atoms with Gasteiger partial charge in [0.15, 0.2) is 0 Å². The van der Waals surface area contributed by atoms with E-state index >= 15 is 0 Å². The third-order valence-electron chi connectivity index (χ3n) is 3.09. The van der Waals surface area contributed by atoms with Crippen LogP contribution in [0, 0.1) is 5.82 Å². The molecule has 0 bridgehead atoms. The molecule has 0 amide bonds. The van der Waals surface area contributed by atoms with E-state index in [1.807, 2.05) is 20.8 Å². The van der Waals surface area contributed by atoms with E-state index in [0.717, 1.165) is 24.8 Å². The molecular weight excluding hydrogens is 257 g/mol. The highest BCUT2D eigenvalue weighted by atomic mass is 19.1. The minimum absolute atomic E-state index is 0.126. The number of carbonyl (C=O) groups is 1. The molecule has 0 spiro atoms. The van der Waals surface area contributed by atoms with E-state index in [4.69, 9.17) is 4.74 Å². The van der Waals surface area contributed by atoms with Gasteiger partial charge in [-0.15, -0.1) is 0 Å². The van der Waals surface area contributed by atoms with Gasteiger partial charge in [-0.2, -0.15) is 0 Å². The molecule has 0 aromatic heterocycles. The van der Waals surface area contributed by atoms with E-state index in [-0.39, 0.29) is 23.9 Å². The van der Waals surface area contributed by atoms with Gasteiger partial charge in [0, 0.05) is 6.04 Å². The summed E-state index contributed by atoms with van der Waals surface area (Å²) in [5.74, 6) is -0.426. The second kappa shape index (κ2) is 8.69. The molecule has 2 atom stereocenters. The first kappa shape index (κ1) is 16.6. The van der Waals surface area contributed by atoms with E-state index in [1.165, 1.54) is 12.1 Å². The Hall–Kier alpha value is -1.42. The smallest absolute Gasteiger partial charge is 0.323 e. The Balaban J connectivity index is 2.54. The summed E-state index contributed by atoms with van der Waals surface area (Å²) in [6.07, 6.45) is 2.42. The number of rotatable bonds is 8. The van der Waals surface area contributed by atoms with Crippen molar-refractivity contribution < 1.29 is 13.9 Å². The molecule has 1 aromatic carbocycles. The third kappa shape index (κ3) is 5.70. The van der Waals surface area contributed by atoms with Crippen LogP contribution in [0.2, 0.25) is 0 Å². The van der Waals surface area contributed by atoms with Crippen molar-refractivity contribution in [3.8, 4) is 0 Å². The Kier molecular flexibility index (Phi) is 7.23. The molecule has 2 unspecified atom stereocenters. The number of hydrogen-bond donors (Lipinski definition) is 1. The zero-order chi connectivity index (χ0) is 15.0. The molecule has 1 N–H and O–H groups in total. The van der Waals surface area contributed by atoms with Gasteiger partial charge in [-0.05, 0) is 44.4 Å². The molecule has 0 heterocycles. The largest absolute Gasteiger partial charge is 0.465 e. The van der Waals surface area contributed by atoms with Crippen LogP contribution in [0.1, 0.15) is 39.2 Å². The third-order valence-corrected chi connectivity index (χ3v) is 3.09. The van der Waals surface area contributed by atoms with Crippen molar-refractivity contribution in [2.75, 3.05) is 6.61 Å². The molecule has 0 aliphatic carbocycles. The summed E-state index contributed by atoms with van der Waals surface area (Å²) < 4.78 is 17.9. The minimum Gasteiger partial charge on any atom is -0.465 e. The van der Waals surface area contributed by atoms with E-state index in [2.05, 4.69) is 5.32 Å². The molecular formula is C16H24FNO2. The van der Waals surface area contributed by atoms with Crippen molar-refractivity contribution in [3.05, 3.63) is 35.6 Å². The normalized spacial score (nSPS) is 13.8. The van der Waals surface area contributed by atoms with E-state index < -0.39 is 0 Å². The van der Waals surface area contributed by atoms with Crippen molar-refractivity contribution in [2.45, 2.75) is 52.1 Å². The lowest BCUT2D eigenvalue weighted by atomic mass is 10.0. The van der Waals surface area contributed by atoms with Gasteiger partial charge in [-0.25, -0.2) is 4.39 Å². The molecule has 1 rings (SSSR count). The summed E-state index contributed by atoms with van der Waals surface area (Å²) in [5.41, 5.74) is 1.05. The molecule has 0 saturated carbocycles. The monoisotopic (exact) mass is 281 g/mol. The fraction of sp³-hybridized carbons (Fsp3) is 0.562. The quantitative estimate of drug-likeness (QED) is 0.744. The molecule has 0 aliphatic rings. The number of ether oxygens (including phenoxy) is 1. The standard InChI is InChI=1S/C16H24FNO2/c1-4-6-15(16(19)20-5-2)18-12(3)11-13-7-9-14(17)10-8-13/h7-10,12,15,18H,4-6,11H2,1-3H3. The van der Waals surface area contributed by atoms with E-state index in [0.29, 0.717) is 6.61 Å². The van der Waals surface area contributed by atoms with Crippen LogP contribution in [0.5, 0.6) is 0 Å². The van der Waals surface area contributed by atoms with Gasteiger partial charge in [-0.3, -0.25) is 4.79 Å². The zero-order valence-electron chi connectivity index (χ0n) is 12.5. The SMILES string of the molecule is CCCC(NC(C)Cc1ccc(F)cc1)C(=O)OCC. The first-order chi connectivity index (χ1) is 9.56. The second-order valence-electron chi connectivity index (χ2n) is 4.99. The zero-order valence-corrected chi connectivity index (χ0v) is 12.5. The molecule has 0 aliphatic heterocycles. The second-order valence-corrected chi connectivity index (χ2v) is 4.99. The molecule has 4 heteroatoms. The Labute approximate surface area is 120 Å². The number of carbonyl (C=O) groups excluding carboxylic acids is 1. The Morgan fingerprint density at radius 2 is 1.95 bits per heavy atom. The van der Waals surface area contributed by atoms with Gasteiger partial charge < -0.3 is 10.1 Å². The van der Waals surface area contributed by atoms with Crippen LogP contribution in [0.4, 0.5) is 4.39 Å². The summed E-state index contributed by atoms with van der Waals surface area (Å²) in [6, 6.07) is 6.31. The van der Waals surface area contributed by atoms with Gasteiger partial charge >= 0.3 is 5.97 Å². The number of nitrogens with one attached hydrogen (secondary N) is 1. The van der Waals surface area contributed by atoms with Crippen molar-refractivity contribution in [1.29, 1.82) is 0 Å². The van der Waals surface area contributed by atoms with Crippen LogP contribution >= 0.6 is 0 Å². The summed E-state index contributed by atoms with van der Waals surface area (Å²) in [6.45, 7) is 6.26. The summed E-state index contributed by atoms with van der Waals surface area (Å²) in [5, 5.41) is 3.30. The molecule has 3 nitrogen and oxygen atoms in total. The van der Waals surface area contributed by atoms with Gasteiger partial charge in [-0.1, -0.05) is 25.5 Å². The van der Waals surface area contributed by atoms with Gasteiger partial charge in [0.05, 0.1) is 6.61 Å². The van der Waals surface area contributed by atoms with Crippen LogP contribution < -0.4 is 5.32 Å². The van der Waals surface area contributed by atoms with Crippen LogP contribution in [0.3, 0.4) is 0 Å². The molecule has 20 heavy (non-hydrogen) atoms. The summed E-state index contributed by atoms with van der Waals surface area (Å²) in [7, 11) is 0. The lowest BCUT2D eigenvalue weighted by molar-refractivity contribution is -0.146. The maximum Gasteiger partial charge on any atom is 0.323 e. The minimum atomic E-state index is -0.268. The van der Waals surface area contributed by atoms with Gasteiger partial charge in [0.1, 0.15) is 11.9 Å². The number of halogens is 1. The molecule has 112 valence electrons. The van der Waals surface area contributed by atoms with Crippen LogP contribution in [-0.2, 0) is 16.0 Å². The molecule has 0 fully saturated rings. The lowest BCUT2D eigenvalue weighted by Gasteiger charge is -2.21. The average molecular weight is 281 g/mol. The fourth-order valence-electron chi connectivity index (χ4n) is 2.18. The lowest BCUT2D eigenvalue weighted by Crippen LogP contribution is -2.43. The average Bonchev–Trinajstić information content (AvgIpc) is 2.41. The summed E-state index contributed by atoms with van der Waals surface area (Å²) in [4.78, 5) is 11.8. The highest BCUT2D eigenvalue weighted by Crippen LogP contribution is 2.08. The molecule has 0 saturated heterocycles. The van der Waals surface area contributed by atoms with Gasteiger partial charge in [0.2, 0.25) is 0 Å². The fourth-order valence-corrected chi connectivity index (χ4v) is 2.18. The number of esters is 1. The Morgan fingerprint density at radius 1 is 1.30 bits per heavy atom. The van der Waals surface area contributed by atoms with Crippen LogP contribution in [0.15, 0.2) is 24.3 Å². The van der Waals surface area contributed by atoms with Crippen molar-refractivity contribution in [2.24, 2.45) is 0 Å². The maximum absolute atomic E-state index is 12.8. The molecule has 0 radical (unpaired) electrons. The topological polar surface area (TPSA) is 38.3 Å². The maximum atomic E-state index is 12.8. The number of hydrogen-bond acceptors (Lipinski definition) is 3. The Morgan fingerprint density at radius 3 is 2.50 bits per heavy atom. The van der Waals surface area contributed by atoms with Crippen molar-refractivity contribution in [1.82, 2.24) is 5.32 Å². The van der Waals surface area contributed by atoms with Gasteiger partial charge in [0.25, 0.3) is 0 Å². The predicted molar refractivity (Wildman–Crippen MR) is 78.0 cm³/mol. The van der Waals surface area contributed by atoms with Crippen molar-refractivity contribution in [3.63, 3.8) is 0 Å². The van der Waals surface area contributed by atoms with E-state index in [9.17, 15) is 9.18 Å². The highest BCUT2D eigenvalue weighted by Gasteiger charge is 2.20.